The molecule has 1 unspecified atom stereocenters. The van der Waals surface area contributed by atoms with Gasteiger partial charge < -0.3 is 10.2 Å². The predicted octanol–water partition coefficient (Wildman–Crippen LogP) is 3.04. The molecule has 2 aliphatic heterocycles. The lowest BCUT2D eigenvalue weighted by Crippen LogP contribution is -2.52. The Kier molecular flexibility index (Phi) is 6.12. The first-order valence-corrected chi connectivity index (χ1v) is 12.0. The van der Waals surface area contributed by atoms with Crippen LogP contribution >= 0.6 is 0 Å². The Morgan fingerprint density at radius 2 is 1.74 bits per heavy atom. The van der Waals surface area contributed by atoms with E-state index in [4.69, 9.17) is 0 Å². The molecule has 1 N–H and O–H groups in total. The number of nitrogens with zero attached hydrogens (tertiary/aromatic N) is 2. The summed E-state index contributed by atoms with van der Waals surface area (Å²) in [6.45, 7) is 0.0116. The van der Waals surface area contributed by atoms with Gasteiger partial charge in [0.15, 0.2) is 0 Å². The summed E-state index contributed by atoms with van der Waals surface area (Å²) in [5, 5.41) is 2.51. The predicted molar refractivity (Wildman–Crippen MR) is 126 cm³/mol. The first-order valence-electron chi connectivity index (χ1n) is 12.0. The minimum Gasteiger partial charge on any atom is -0.345 e. The molecule has 1 saturated carbocycles. The lowest BCUT2D eigenvalue weighted by Gasteiger charge is -2.33. The third-order valence-corrected chi connectivity index (χ3v) is 7.59. The zero-order chi connectivity index (χ0) is 27.4. The molecule has 2 aromatic carbocycles. The SMILES string of the molecule is [CH2]N1C(=O)CCC(N2Cc3c(CNC(=O)C(=O)c4ccc(C5(C(F)(F)F)CC5)cc4)cccc3C2=O)C1=O. The Morgan fingerprint density at radius 3 is 2.37 bits per heavy atom. The van der Waals surface area contributed by atoms with Crippen molar-refractivity contribution >= 4 is 29.4 Å². The van der Waals surface area contributed by atoms with Gasteiger partial charge in [-0.1, -0.05) is 36.4 Å². The van der Waals surface area contributed by atoms with Crippen LogP contribution in [0.25, 0.3) is 0 Å². The molecular weight excluding hydrogens is 503 g/mol. The lowest BCUT2D eigenvalue weighted by atomic mass is 9.94. The highest BCUT2D eigenvalue weighted by molar-refractivity contribution is 6.42. The van der Waals surface area contributed by atoms with Gasteiger partial charge >= 0.3 is 6.18 Å². The first kappa shape index (κ1) is 25.6. The van der Waals surface area contributed by atoms with Crippen molar-refractivity contribution in [2.24, 2.45) is 0 Å². The number of Topliss-reactive ketones (excluding diaryl/α,β-unsaturated/α-hetero) is 1. The Morgan fingerprint density at radius 1 is 1.05 bits per heavy atom. The number of carbonyl (C=O) groups is 5. The fraction of sp³-hybridized carbons (Fsp3) is 0.333. The highest BCUT2D eigenvalue weighted by Crippen LogP contribution is 2.58. The van der Waals surface area contributed by atoms with Gasteiger partial charge in [-0.2, -0.15) is 13.2 Å². The van der Waals surface area contributed by atoms with Crippen molar-refractivity contribution in [1.82, 2.24) is 15.1 Å². The average molecular weight is 526 g/mol. The van der Waals surface area contributed by atoms with E-state index in [1.165, 1.54) is 29.2 Å². The number of amides is 4. The molecule has 1 radical (unpaired) electrons. The quantitative estimate of drug-likeness (QED) is 0.354. The van der Waals surface area contributed by atoms with Gasteiger partial charge in [-0.25, -0.2) is 0 Å². The van der Waals surface area contributed by atoms with E-state index in [-0.39, 0.29) is 55.8 Å². The van der Waals surface area contributed by atoms with Gasteiger partial charge in [0.1, 0.15) is 6.04 Å². The fourth-order valence-electron chi connectivity index (χ4n) is 5.13. The number of imide groups is 1. The van der Waals surface area contributed by atoms with Crippen LogP contribution in [0.3, 0.4) is 0 Å². The second kappa shape index (κ2) is 9.07. The summed E-state index contributed by atoms with van der Waals surface area (Å²) in [6, 6.07) is 8.98. The number of likely N-dealkylation sites (tertiary alicyclic amines) is 1. The number of hydrogen-bond acceptors (Lipinski definition) is 5. The van der Waals surface area contributed by atoms with Gasteiger partial charge in [0.2, 0.25) is 11.7 Å². The van der Waals surface area contributed by atoms with Crippen LogP contribution < -0.4 is 5.32 Å². The normalized spacial score (nSPS) is 20.4. The minimum absolute atomic E-state index is 0.00771. The van der Waals surface area contributed by atoms with Gasteiger partial charge in [0.25, 0.3) is 17.7 Å². The second-order valence-electron chi connectivity index (χ2n) is 9.76. The third-order valence-electron chi connectivity index (χ3n) is 7.59. The first-order chi connectivity index (χ1) is 17.9. The lowest BCUT2D eigenvalue weighted by molar-refractivity contribution is -0.160. The summed E-state index contributed by atoms with van der Waals surface area (Å²) in [7, 11) is 3.46. The Hall–Kier alpha value is -4.02. The van der Waals surface area contributed by atoms with Crippen LogP contribution in [0.5, 0.6) is 0 Å². The second-order valence-corrected chi connectivity index (χ2v) is 9.76. The number of hydrogen-bond donors (Lipinski definition) is 1. The van der Waals surface area contributed by atoms with Crippen LogP contribution in [0.1, 0.15) is 63.1 Å². The van der Waals surface area contributed by atoms with Gasteiger partial charge in [-0.15, -0.1) is 0 Å². The van der Waals surface area contributed by atoms with E-state index in [1.807, 2.05) is 0 Å². The molecule has 2 fully saturated rings. The van der Waals surface area contributed by atoms with Crippen molar-refractivity contribution in [3.05, 3.63) is 77.3 Å². The van der Waals surface area contributed by atoms with Crippen LogP contribution in [0.2, 0.25) is 0 Å². The Balaban J connectivity index is 1.25. The summed E-state index contributed by atoms with van der Waals surface area (Å²) >= 11 is 0. The molecule has 1 aliphatic carbocycles. The molecule has 11 heteroatoms. The fourth-order valence-corrected chi connectivity index (χ4v) is 5.13. The minimum atomic E-state index is -4.38. The van der Waals surface area contributed by atoms with E-state index in [9.17, 15) is 37.1 Å². The van der Waals surface area contributed by atoms with Gasteiger partial charge in [0.05, 0.1) is 5.41 Å². The zero-order valence-electron chi connectivity index (χ0n) is 20.1. The monoisotopic (exact) mass is 526 g/mol. The van der Waals surface area contributed by atoms with Crippen molar-refractivity contribution in [2.75, 3.05) is 0 Å². The number of ketones is 1. The highest BCUT2D eigenvalue weighted by atomic mass is 19.4. The number of carbonyl (C=O) groups excluding carboxylic acids is 5. The van der Waals surface area contributed by atoms with Gasteiger partial charge in [-0.05, 0) is 42.0 Å². The molecule has 0 bridgehead atoms. The highest BCUT2D eigenvalue weighted by Gasteiger charge is 2.64. The van der Waals surface area contributed by atoms with Crippen molar-refractivity contribution in [2.45, 2.75) is 56.4 Å². The molecule has 2 heterocycles. The summed E-state index contributed by atoms with van der Waals surface area (Å²) < 4.78 is 40.0. The maximum Gasteiger partial charge on any atom is 0.398 e. The van der Waals surface area contributed by atoms with E-state index in [1.54, 1.807) is 18.2 Å². The largest absolute Gasteiger partial charge is 0.398 e. The van der Waals surface area contributed by atoms with E-state index in [0.29, 0.717) is 16.7 Å². The molecule has 197 valence electrons. The number of nitrogens with one attached hydrogen (secondary N) is 1. The van der Waals surface area contributed by atoms with E-state index in [2.05, 4.69) is 12.4 Å². The number of rotatable bonds is 6. The smallest absolute Gasteiger partial charge is 0.345 e. The number of piperidine rings is 1. The summed E-state index contributed by atoms with van der Waals surface area (Å²) in [5.41, 5.74) is -0.318. The molecular formula is C27H23F3N3O5. The van der Waals surface area contributed by atoms with Crippen LogP contribution in [0.15, 0.2) is 42.5 Å². The number of benzene rings is 2. The molecule has 8 nitrogen and oxygen atoms in total. The van der Waals surface area contributed by atoms with Crippen molar-refractivity contribution in [3.8, 4) is 0 Å². The summed E-state index contributed by atoms with van der Waals surface area (Å²) in [4.78, 5) is 64.6. The van der Waals surface area contributed by atoms with Crippen molar-refractivity contribution in [3.63, 3.8) is 0 Å². The van der Waals surface area contributed by atoms with Crippen LogP contribution in [0.4, 0.5) is 13.2 Å². The number of fused-ring (bicyclic) bond motifs is 1. The topological polar surface area (TPSA) is 104 Å². The maximum atomic E-state index is 13.3. The molecule has 5 rings (SSSR count). The molecule has 0 spiro atoms. The molecule has 1 atom stereocenters. The zero-order valence-corrected chi connectivity index (χ0v) is 20.1. The molecule has 2 aromatic rings. The number of alkyl halides is 3. The van der Waals surface area contributed by atoms with Gasteiger partial charge in [-0.3, -0.25) is 28.9 Å². The third kappa shape index (κ3) is 4.15. The van der Waals surface area contributed by atoms with Gasteiger partial charge in [0, 0.05) is 37.7 Å². The maximum absolute atomic E-state index is 13.3. The average Bonchev–Trinajstić information content (AvgIpc) is 3.66. The molecule has 1 saturated heterocycles. The molecule has 38 heavy (non-hydrogen) atoms. The van der Waals surface area contributed by atoms with E-state index in [0.717, 1.165) is 4.90 Å². The summed E-state index contributed by atoms with van der Waals surface area (Å²) in [6.07, 6.45) is -4.12. The van der Waals surface area contributed by atoms with E-state index >= 15 is 0 Å². The Bertz CT molecular complexity index is 1370. The standard InChI is InChI=1S/C27H23F3N3O5/c1-32-21(34)10-9-20(25(32)38)33-14-19-16(3-2-4-18(19)24(33)37)13-31-23(36)22(35)15-5-7-17(8-6-15)26(11-12-26)27(28,29)30/h2-8,20H,1,9-14H2,(H,31,36). The van der Waals surface area contributed by atoms with E-state index < -0.39 is 41.1 Å². The van der Waals surface area contributed by atoms with Crippen LogP contribution in [-0.4, -0.2) is 51.4 Å². The molecule has 3 aliphatic rings. The Labute approximate surface area is 215 Å². The summed E-state index contributed by atoms with van der Waals surface area (Å²) in [5.74, 6) is -3.19. The molecule has 0 aromatic heterocycles. The van der Waals surface area contributed by atoms with Crippen LogP contribution in [-0.2, 0) is 32.9 Å². The molecule has 4 amide bonds. The number of halogens is 3. The van der Waals surface area contributed by atoms with Crippen LogP contribution in [0, 0.1) is 7.05 Å². The van der Waals surface area contributed by atoms with Crippen molar-refractivity contribution in [1.29, 1.82) is 0 Å². The van der Waals surface area contributed by atoms with Crippen molar-refractivity contribution < 1.29 is 37.1 Å².